The molecule has 0 radical (unpaired) electrons. The van der Waals surface area contributed by atoms with Gasteiger partial charge in [-0.05, 0) is 0 Å². The van der Waals surface area contributed by atoms with E-state index in [0.29, 0.717) is 0 Å². The third-order valence-electron chi connectivity index (χ3n) is 0.111. The van der Waals surface area contributed by atoms with E-state index in [9.17, 15) is 9.13 Å². The van der Waals surface area contributed by atoms with Crippen molar-refractivity contribution in [1.29, 1.82) is 0 Å². The van der Waals surface area contributed by atoms with Crippen LogP contribution in [0.1, 0.15) is 0 Å². The fourth-order valence-corrected chi connectivity index (χ4v) is 0.204. The maximum absolute atomic E-state index is 9.21. The second kappa shape index (κ2) is 4.42. The maximum atomic E-state index is 9.21. The van der Waals surface area contributed by atoms with Crippen molar-refractivity contribution in [3.8, 4) is 0 Å². The topological polar surface area (TPSA) is 43.4 Å². The summed E-state index contributed by atoms with van der Waals surface area (Å²) in [5.74, 6) is 0. The van der Waals surface area contributed by atoms with Gasteiger partial charge in [0.15, 0.2) is 17.4 Å². The Kier molecular flexibility index (Phi) is 4.79. The lowest BCUT2D eigenvalue weighted by Crippen LogP contribution is -1.26. The summed E-state index contributed by atoms with van der Waals surface area (Å²) in [5.41, 5.74) is 0. The van der Waals surface area contributed by atoms with Crippen LogP contribution in [0.25, 0.3) is 0 Å². The fourth-order valence-electron chi connectivity index (χ4n) is 0.0227. The minimum absolute atomic E-state index is 1.24. The van der Waals surface area contributed by atoms with Crippen LogP contribution < -0.4 is 0 Å². The first-order chi connectivity index (χ1) is 2.41. The van der Waals surface area contributed by atoms with E-state index in [-0.39, 0.29) is 0 Å². The molecule has 0 unspecified atom stereocenters. The average Bonchev–Trinajstić information content (AvgIpc) is 1.41. The van der Waals surface area contributed by atoms with Crippen LogP contribution >= 0.6 is 17.4 Å². The van der Waals surface area contributed by atoms with Crippen LogP contribution in [0.4, 0.5) is 0 Å². The molecule has 0 aromatic carbocycles. The third-order valence-corrected chi connectivity index (χ3v) is 1.00. The molecule has 0 aromatic heterocycles. The van der Waals surface area contributed by atoms with Gasteiger partial charge in [-0.15, -0.1) is 0 Å². The summed E-state index contributed by atoms with van der Waals surface area (Å²) in [5, 5.41) is 0. The molecule has 0 spiro atoms. The Bertz CT molecular complexity index is 34.2. The van der Waals surface area contributed by atoms with Gasteiger partial charge in [-0.3, -0.25) is 13.4 Å². The van der Waals surface area contributed by atoms with E-state index >= 15 is 0 Å². The zero-order valence-electron chi connectivity index (χ0n) is 2.38. The molecule has 0 fully saturated rings. The molecule has 0 bridgehead atoms. The number of hydrogen-bond donors (Lipinski definition) is 0. The highest BCUT2D eigenvalue weighted by Crippen LogP contribution is 2.04. The normalized spacial score (nSPS) is 12.8. The van der Waals surface area contributed by atoms with Crippen LogP contribution in [0.3, 0.4) is 0 Å². The highest BCUT2D eigenvalue weighted by molar-refractivity contribution is 7.32. The van der Waals surface area contributed by atoms with Crippen molar-refractivity contribution in [3.63, 3.8) is 0 Å². The van der Waals surface area contributed by atoms with E-state index in [1.165, 1.54) is 0 Å². The molecular weight excluding hydrogens is 110 g/mol. The average molecular weight is 114 g/mol. The summed E-state index contributed by atoms with van der Waals surface area (Å²) in [4.78, 5) is 0. The van der Waals surface area contributed by atoms with E-state index in [4.69, 9.17) is 0 Å². The Labute approximate surface area is 31.9 Å². The van der Waals surface area contributed by atoms with Gasteiger partial charge in [-0.2, -0.15) is 0 Å². The summed E-state index contributed by atoms with van der Waals surface area (Å²) < 4.78 is 22.3. The molecule has 0 saturated heterocycles. The second-order valence-electron chi connectivity index (χ2n) is 0.329. The molecule has 0 aliphatic carbocycles. The van der Waals surface area contributed by atoms with E-state index in [2.05, 4.69) is 4.31 Å². The molecule has 0 amide bonds. The minimum Gasteiger partial charge on any atom is -0.299 e. The lowest BCUT2D eigenvalue weighted by atomic mass is 15.8. The standard InChI is InChI=1S/H4O3P2/c1-4-3-5-2/h4-5H2. The van der Waals surface area contributed by atoms with E-state index in [1.807, 2.05) is 0 Å². The third kappa shape index (κ3) is 4.42. The molecule has 0 rings (SSSR count). The summed E-state index contributed by atoms with van der Waals surface area (Å²) in [6, 6.07) is 0. The smallest absolute Gasteiger partial charge is 0.185 e. The molecule has 0 aromatic rings. The molecule has 3 nitrogen and oxygen atoms in total. The van der Waals surface area contributed by atoms with Gasteiger partial charge in [0, 0.05) is 0 Å². The van der Waals surface area contributed by atoms with Crippen LogP contribution in [-0.4, -0.2) is 0 Å². The molecule has 5 heavy (non-hydrogen) atoms. The number of rotatable bonds is 2. The predicted molar refractivity (Wildman–Crippen MR) is 21.9 cm³/mol. The van der Waals surface area contributed by atoms with Crippen molar-refractivity contribution in [2.24, 2.45) is 0 Å². The van der Waals surface area contributed by atoms with Crippen molar-refractivity contribution in [2.75, 3.05) is 0 Å². The van der Waals surface area contributed by atoms with Crippen LogP contribution in [0.15, 0.2) is 0 Å². The molecular formula is H4O3P2. The van der Waals surface area contributed by atoms with Gasteiger partial charge in [0.1, 0.15) is 0 Å². The van der Waals surface area contributed by atoms with Gasteiger partial charge in [-0.1, -0.05) is 0 Å². The zero-order chi connectivity index (χ0) is 4.12. The molecule has 0 heterocycles. The summed E-state index contributed by atoms with van der Waals surface area (Å²) in [6.07, 6.45) is 0. The first-order valence-electron chi connectivity index (χ1n) is 0.943. The highest BCUT2D eigenvalue weighted by Gasteiger charge is 1.55. The van der Waals surface area contributed by atoms with E-state index in [1.54, 1.807) is 0 Å². The SMILES string of the molecule is O=[PH2]O[PH2]=O. The van der Waals surface area contributed by atoms with Gasteiger partial charge >= 0.3 is 0 Å². The molecule has 32 valence electrons. The quantitative estimate of drug-likeness (QED) is 0.486. The van der Waals surface area contributed by atoms with Crippen LogP contribution in [0.5, 0.6) is 0 Å². The van der Waals surface area contributed by atoms with E-state index in [0.717, 1.165) is 0 Å². The lowest BCUT2D eigenvalue weighted by Gasteiger charge is -1.65. The summed E-state index contributed by atoms with van der Waals surface area (Å²) in [7, 11) is -2.48. The van der Waals surface area contributed by atoms with Crippen molar-refractivity contribution in [3.05, 3.63) is 0 Å². The van der Waals surface area contributed by atoms with Gasteiger partial charge in [-0.25, -0.2) is 0 Å². The van der Waals surface area contributed by atoms with E-state index < -0.39 is 17.4 Å². The summed E-state index contributed by atoms with van der Waals surface area (Å²) >= 11 is 0. The number of hydrogen-bond acceptors (Lipinski definition) is 3. The van der Waals surface area contributed by atoms with Crippen LogP contribution in [0.2, 0.25) is 0 Å². The Hall–Kier alpha value is 0.420. The van der Waals surface area contributed by atoms with Crippen molar-refractivity contribution in [2.45, 2.75) is 0 Å². The van der Waals surface area contributed by atoms with Crippen LogP contribution in [-0.2, 0) is 13.4 Å². The monoisotopic (exact) mass is 114 g/mol. The molecule has 0 aliphatic rings. The van der Waals surface area contributed by atoms with Crippen molar-refractivity contribution < 1.29 is 13.4 Å². The Morgan fingerprint density at radius 3 is 1.60 bits per heavy atom. The predicted octanol–water partition coefficient (Wildman–Crippen LogP) is 0.346. The van der Waals surface area contributed by atoms with Gasteiger partial charge in [0.2, 0.25) is 0 Å². The molecule has 0 saturated carbocycles. The second-order valence-corrected chi connectivity index (χ2v) is 1.80. The van der Waals surface area contributed by atoms with Crippen molar-refractivity contribution in [1.82, 2.24) is 0 Å². The Morgan fingerprint density at radius 2 is 1.60 bits per heavy atom. The lowest BCUT2D eigenvalue weighted by molar-refractivity contribution is 0.516. The largest absolute Gasteiger partial charge is 0.299 e. The molecule has 0 N–H and O–H groups in total. The highest BCUT2D eigenvalue weighted by atomic mass is 31.1. The minimum atomic E-state index is -1.24. The first-order valence-corrected chi connectivity index (χ1v) is 2.83. The van der Waals surface area contributed by atoms with Gasteiger partial charge in [0.05, 0.1) is 0 Å². The fraction of sp³-hybridized carbons (Fsp3) is 0. The summed E-state index contributed by atoms with van der Waals surface area (Å²) in [6.45, 7) is 0. The van der Waals surface area contributed by atoms with Crippen LogP contribution in [0, 0.1) is 0 Å². The van der Waals surface area contributed by atoms with Crippen molar-refractivity contribution >= 4 is 17.4 Å². The Balaban J connectivity index is 2.65. The first kappa shape index (κ1) is 5.42. The molecule has 0 aliphatic heterocycles. The molecule has 5 heteroatoms. The maximum Gasteiger partial charge on any atom is 0.185 e. The van der Waals surface area contributed by atoms with Gasteiger partial charge < -0.3 is 0 Å². The van der Waals surface area contributed by atoms with Gasteiger partial charge in [0.25, 0.3) is 0 Å². The zero-order valence-corrected chi connectivity index (χ0v) is 4.69. The Morgan fingerprint density at radius 1 is 1.20 bits per heavy atom. The molecule has 0 atom stereocenters.